The second kappa shape index (κ2) is 6.57. The molecule has 0 unspecified atom stereocenters. The van der Waals surface area contributed by atoms with E-state index in [1.807, 2.05) is 0 Å². The molecular formula is C10H12F2N2O5S. The fourth-order valence-electron chi connectivity index (χ4n) is 1.36. The molecule has 2 N–H and O–H groups in total. The summed E-state index contributed by atoms with van der Waals surface area (Å²) in [6, 6.07) is 1.00. The number of halogens is 2. The number of primary sulfonamides is 1. The summed E-state index contributed by atoms with van der Waals surface area (Å²) in [5.41, 5.74) is -0.982. The van der Waals surface area contributed by atoms with Gasteiger partial charge in [0, 0.05) is 6.07 Å². The molecule has 0 radical (unpaired) electrons. The lowest BCUT2D eigenvalue weighted by atomic mass is 10.2. The molecule has 1 rings (SSSR count). The Kier molecular flexibility index (Phi) is 5.34. The van der Waals surface area contributed by atoms with Crippen molar-refractivity contribution in [2.75, 3.05) is 12.4 Å². The first-order chi connectivity index (χ1) is 9.20. The van der Waals surface area contributed by atoms with E-state index in [0.29, 0.717) is 12.1 Å². The second-order valence-electron chi connectivity index (χ2n) is 3.91. The average Bonchev–Trinajstić information content (AvgIpc) is 2.30. The highest BCUT2D eigenvalue weighted by Crippen LogP contribution is 2.26. The number of nitrogens with zero attached hydrogens (tertiary/aromatic N) is 1. The van der Waals surface area contributed by atoms with E-state index in [4.69, 9.17) is 9.88 Å². The van der Waals surface area contributed by atoms with Crippen LogP contribution in [0, 0.1) is 21.7 Å². The fourth-order valence-corrected chi connectivity index (χ4v) is 1.96. The third kappa shape index (κ3) is 5.05. The maximum absolute atomic E-state index is 13.4. The van der Waals surface area contributed by atoms with Gasteiger partial charge in [-0.05, 0) is 12.8 Å². The van der Waals surface area contributed by atoms with Gasteiger partial charge in [0.1, 0.15) is 0 Å². The number of ether oxygens (including phenoxy) is 1. The zero-order valence-electron chi connectivity index (χ0n) is 10.2. The van der Waals surface area contributed by atoms with Crippen LogP contribution in [0.25, 0.3) is 0 Å². The molecule has 0 bridgehead atoms. The number of sulfonamides is 1. The number of nitrogens with two attached hydrogens (primary N) is 1. The van der Waals surface area contributed by atoms with Gasteiger partial charge < -0.3 is 4.74 Å². The molecule has 10 heteroatoms. The fraction of sp³-hybridized carbons (Fsp3) is 0.400. The van der Waals surface area contributed by atoms with Gasteiger partial charge in [-0.3, -0.25) is 10.1 Å². The molecule has 0 fully saturated rings. The van der Waals surface area contributed by atoms with Crippen molar-refractivity contribution < 1.29 is 26.9 Å². The van der Waals surface area contributed by atoms with E-state index < -0.39 is 38.0 Å². The molecule has 0 aliphatic carbocycles. The zero-order valence-corrected chi connectivity index (χ0v) is 11.0. The van der Waals surface area contributed by atoms with E-state index in [0.717, 1.165) is 0 Å². The Hall–Kier alpha value is -1.81. The molecule has 0 aliphatic rings. The number of benzene rings is 1. The maximum atomic E-state index is 13.4. The first-order valence-corrected chi connectivity index (χ1v) is 7.19. The van der Waals surface area contributed by atoms with Gasteiger partial charge >= 0.3 is 5.69 Å². The van der Waals surface area contributed by atoms with Gasteiger partial charge in [0.15, 0.2) is 11.6 Å². The first kappa shape index (κ1) is 16.2. The Labute approximate surface area is 113 Å². The topological polar surface area (TPSA) is 113 Å². The summed E-state index contributed by atoms with van der Waals surface area (Å²) in [5.74, 6) is -2.99. The Bertz CT molecular complexity index is 606. The number of nitro groups is 1. The van der Waals surface area contributed by atoms with Crippen LogP contribution in [0.3, 0.4) is 0 Å². The normalized spacial score (nSPS) is 11.3. The highest BCUT2D eigenvalue weighted by molar-refractivity contribution is 7.89. The maximum Gasteiger partial charge on any atom is 0.307 e. The molecule has 1 aromatic carbocycles. The summed E-state index contributed by atoms with van der Waals surface area (Å²) in [6.07, 6.45) is 0.463. The van der Waals surface area contributed by atoms with Gasteiger partial charge in [-0.15, -0.1) is 0 Å². The summed E-state index contributed by atoms with van der Waals surface area (Å²) < 4.78 is 52.8. The summed E-state index contributed by atoms with van der Waals surface area (Å²) in [7, 11) is -3.56. The van der Waals surface area contributed by atoms with E-state index in [1.165, 1.54) is 0 Å². The molecular weight excluding hydrogens is 298 g/mol. The summed E-state index contributed by atoms with van der Waals surface area (Å²) in [5, 5.41) is 15.1. The van der Waals surface area contributed by atoms with E-state index in [1.54, 1.807) is 0 Å². The SMILES string of the molecule is NS(=O)(=O)CCCCOc1cc(F)c([N+](=O)[O-])cc1F. The van der Waals surface area contributed by atoms with Crippen LogP contribution in [0.15, 0.2) is 12.1 Å². The Morgan fingerprint density at radius 2 is 1.90 bits per heavy atom. The Morgan fingerprint density at radius 3 is 2.45 bits per heavy atom. The molecule has 112 valence electrons. The Balaban J connectivity index is 2.57. The van der Waals surface area contributed by atoms with Crippen molar-refractivity contribution in [1.82, 2.24) is 0 Å². The van der Waals surface area contributed by atoms with Crippen LogP contribution in [0.1, 0.15) is 12.8 Å². The lowest BCUT2D eigenvalue weighted by molar-refractivity contribution is -0.387. The minimum absolute atomic E-state index is 0.0658. The summed E-state index contributed by atoms with van der Waals surface area (Å²) in [4.78, 5) is 9.32. The number of unbranched alkanes of at least 4 members (excludes halogenated alkanes) is 1. The number of rotatable bonds is 7. The molecule has 7 nitrogen and oxygen atoms in total. The summed E-state index contributed by atoms with van der Waals surface area (Å²) >= 11 is 0. The molecule has 0 saturated carbocycles. The molecule has 0 spiro atoms. The van der Waals surface area contributed by atoms with Crippen molar-refractivity contribution >= 4 is 15.7 Å². The lowest BCUT2D eigenvalue weighted by Gasteiger charge is -2.07. The monoisotopic (exact) mass is 310 g/mol. The standard InChI is InChI=1S/C10H12F2N2O5S/c11-7-6-10(8(12)5-9(7)14(15)16)19-3-1-2-4-20(13,17)18/h5-6H,1-4H2,(H2,13,17,18). The molecule has 0 heterocycles. The zero-order chi connectivity index (χ0) is 15.3. The van der Waals surface area contributed by atoms with Crippen molar-refractivity contribution in [2.24, 2.45) is 5.14 Å². The largest absolute Gasteiger partial charge is 0.490 e. The van der Waals surface area contributed by atoms with Gasteiger partial charge in [0.25, 0.3) is 0 Å². The summed E-state index contributed by atoms with van der Waals surface area (Å²) in [6.45, 7) is -0.0658. The van der Waals surface area contributed by atoms with Gasteiger partial charge in [-0.25, -0.2) is 17.9 Å². The molecule has 1 aromatic rings. The first-order valence-electron chi connectivity index (χ1n) is 5.47. The number of hydrogen-bond donors (Lipinski definition) is 1. The average molecular weight is 310 g/mol. The predicted molar refractivity (Wildman–Crippen MR) is 65.7 cm³/mol. The molecule has 0 aliphatic heterocycles. The van der Waals surface area contributed by atoms with Crippen molar-refractivity contribution in [2.45, 2.75) is 12.8 Å². The second-order valence-corrected chi connectivity index (χ2v) is 5.65. The van der Waals surface area contributed by atoms with Gasteiger partial charge in [-0.2, -0.15) is 4.39 Å². The molecule has 0 saturated heterocycles. The Morgan fingerprint density at radius 1 is 1.25 bits per heavy atom. The van der Waals surface area contributed by atoms with E-state index >= 15 is 0 Å². The van der Waals surface area contributed by atoms with Gasteiger partial charge in [0.2, 0.25) is 15.8 Å². The molecule has 20 heavy (non-hydrogen) atoms. The highest BCUT2D eigenvalue weighted by atomic mass is 32.2. The minimum atomic E-state index is -3.56. The molecule has 0 atom stereocenters. The van der Waals surface area contributed by atoms with Crippen LogP contribution >= 0.6 is 0 Å². The van der Waals surface area contributed by atoms with Crippen LogP contribution in [0.2, 0.25) is 0 Å². The van der Waals surface area contributed by atoms with E-state index in [2.05, 4.69) is 0 Å². The number of hydrogen-bond acceptors (Lipinski definition) is 5. The van der Waals surface area contributed by atoms with Crippen LogP contribution in [0.5, 0.6) is 5.75 Å². The van der Waals surface area contributed by atoms with Crippen LogP contribution in [0.4, 0.5) is 14.5 Å². The van der Waals surface area contributed by atoms with Crippen LogP contribution < -0.4 is 9.88 Å². The van der Waals surface area contributed by atoms with Crippen molar-refractivity contribution in [1.29, 1.82) is 0 Å². The quantitative estimate of drug-likeness (QED) is 0.463. The minimum Gasteiger partial charge on any atom is -0.490 e. The van der Waals surface area contributed by atoms with E-state index in [9.17, 15) is 27.3 Å². The molecule has 0 amide bonds. The van der Waals surface area contributed by atoms with Gasteiger partial charge in [-0.1, -0.05) is 0 Å². The van der Waals surface area contributed by atoms with Crippen molar-refractivity contribution in [3.63, 3.8) is 0 Å². The smallest absolute Gasteiger partial charge is 0.307 e. The van der Waals surface area contributed by atoms with Crippen molar-refractivity contribution in [3.8, 4) is 5.75 Å². The van der Waals surface area contributed by atoms with Crippen LogP contribution in [-0.4, -0.2) is 25.7 Å². The van der Waals surface area contributed by atoms with Crippen LogP contribution in [-0.2, 0) is 10.0 Å². The van der Waals surface area contributed by atoms with Crippen molar-refractivity contribution in [3.05, 3.63) is 33.9 Å². The molecule has 0 aromatic heterocycles. The third-order valence-electron chi connectivity index (χ3n) is 2.28. The van der Waals surface area contributed by atoms with Gasteiger partial charge in [0.05, 0.1) is 23.3 Å². The van der Waals surface area contributed by atoms with E-state index in [-0.39, 0.29) is 25.2 Å². The highest BCUT2D eigenvalue weighted by Gasteiger charge is 2.19. The third-order valence-corrected chi connectivity index (χ3v) is 3.14. The lowest BCUT2D eigenvalue weighted by Crippen LogP contribution is -2.16. The number of nitro benzene ring substituents is 1. The predicted octanol–water partition coefficient (Wildman–Crippen LogP) is 1.32.